The molecule has 0 unspecified atom stereocenters. The number of aromatic nitrogens is 1. The number of carbonyl (C=O) groups is 2. The summed E-state index contributed by atoms with van der Waals surface area (Å²) < 4.78 is 8.81. The van der Waals surface area contributed by atoms with Gasteiger partial charge in [-0.1, -0.05) is 53.5 Å². The summed E-state index contributed by atoms with van der Waals surface area (Å²) in [4.78, 5) is 23.3. The van der Waals surface area contributed by atoms with Gasteiger partial charge in [0, 0.05) is 6.54 Å². The Morgan fingerprint density at radius 2 is 1.95 bits per heavy atom. The highest BCUT2D eigenvalue weighted by Gasteiger charge is 2.19. The van der Waals surface area contributed by atoms with Crippen molar-refractivity contribution in [3.8, 4) is 0 Å². The SMILES string of the molecule is O=C(COC(=O)c1nsc(Cl)c1Cl)NCCc1ccccc1. The fourth-order valence-electron chi connectivity index (χ4n) is 1.63. The largest absolute Gasteiger partial charge is 0.451 e. The van der Waals surface area contributed by atoms with Crippen molar-refractivity contribution in [1.82, 2.24) is 9.69 Å². The molecule has 8 heteroatoms. The van der Waals surface area contributed by atoms with Crippen molar-refractivity contribution < 1.29 is 14.3 Å². The molecule has 22 heavy (non-hydrogen) atoms. The zero-order chi connectivity index (χ0) is 15.9. The van der Waals surface area contributed by atoms with Crippen molar-refractivity contribution >= 4 is 46.6 Å². The molecule has 1 aromatic carbocycles. The van der Waals surface area contributed by atoms with Gasteiger partial charge in [-0.05, 0) is 23.5 Å². The minimum absolute atomic E-state index is 0.0427. The molecule has 2 rings (SSSR count). The minimum Gasteiger partial charge on any atom is -0.451 e. The summed E-state index contributed by atoms with van der Waals surface area (Å²) in [5.41, 5.74) is 1.04. The van der Waals surface area contributed by atoms with Gasteiger partial charge >= 0.3 is 5.97 Å². The van der Waals surface area contributed by atoms with Crippen LogP contribution in [0.1, 0.15) is 16.1 Å². The maximum atomic E-state index is 11.7. The molecule has 0 saturated heterocycles. The second-order valence-electron chi connectivity index (χ2n) is 4.28. The van der Waals surface area contributed by atoms with Crippen molar-refractivity contribution in [2.45, 2.75) is 6.42 Å². The van der Waals surface area contributed by atoms with Crippen LogP contribution in [0.15, 0.2) is 30.3 Å². The Balaban J connectivity index is 1.71. The first kappa shape index (κ1) is 16.7. The zero-order valence-corrected chi connectivity index (χ0v) is 13.7. The number of hydrogen-bond donors (Lipinski definition) is 1. The highest BCUT2D eigenvalue weighted by atomic mass is 35.5. The van der Waals surface area contributed by atoms with E-state index >= 15 is 0 Å². The molecule has 0 bridgehead atoms. The Morgan fingerprint density at radius 3 is 2.59 bits per heavy atom. The molecular formula is C14H12Cl2N2O3S. The van der Waals surface area contributed by atoms with Gasteiger partial charge in [0.05, 0.1) is 0 Å². The smallest absolute Gasteiger partial charge is 0.360 e. The van der Waals surface area contributed by atoms with Gasteiger partial charge in [-0.15, -0.1) is 0 Å². The lowest BCUT2D eigenvalue weighted by Gasteiger charge is -2.06. The Labute approximate surface area is 141 Å². The molecule has 1 aromatic heterocycles. The molecule has 0 aliphatic rings. The average Bonchev–Trinajstić information content (AvgIpc) is 2.86. The van der Waals surface area contributed by atoms with Gasteiger partial charge in [0.2, 0.25) is 0 Å². The molecule has 0 aliphatic carbocycles. The van der Waals surface area contributed by atoms with E-state index in [2.05, 4.69) is 9.69 Å². The summed E-state index contributed by atoms with van der Waals surface area (Å²) in [5, 5.41) is 2.71. The number of esters is 1. The summed E-state index contributed by atoms with van der Waals surface area (Å²) in [5.74, 6) is -1.16. The highest BCUT2D eigenvalue weighted by Crippen LogP contribution is 2.29. The lowest BCUT2D eigenvalue weighted by molar-refractivity contribution is -0.124. The van der Waals surface area contributed by atoms with Gasteiger partial charge in [0.25, 0.3) is 5.91 Å². The summed E-state index contributed by atoms with van der Waals surface area (Å²) in [7, 11) is 0. The topological polar surface area (TPSA) is 68.3 Å². The van der Waals surface area contributed by atoms with Crippen LogP contribution in [0.2, 0.25) is 9.36 Å². The number of nitrogens with one attached hydrogen (secondary N) is 1. The second-order valence-corrected chi connectivity index (χ2v) is 6.03. The average molecular weight is 359 g/mol. The van der Waals surface area contributed by atoms with Crippen molar-refractivity contribution in [3.05, 3.63) is 50.9 Å². The van der Waals surface area contributed by atoms with Crippen molar-refractivity contribution in [3.63, 3.8) is 0 Å². The predicted octanol–water partition coefficient (Wildman–Crippen LogP) is 2.97. The molecule has 1 heterocycles. The molecule has 116 valence electrons. The summed E-state index contributed by atoms with van der Waals surface area (Å²) >= 11 is 12.4. The first-order valence-corrected chi connectivity index (χ1v) is 7.89. The molecule has 5 nitrogen and oxygen atoms in total. The Kier molecular flexibility index (Phi) is 6.18. The van der Waals surface area contributed by atoms with Crippen molar-refractivity contribution in [2.24, 2.45) is 0 Å². The fraction of sp³-hybridized carbons (Fsp3) is 0.214. The summed E-state index contributed by atoms with van der Waals surface area (Å²) in [6.45, 7) is 0.0722. The fourth-order valence-corrected chi connectivity index (χ4v) is 2.61. The van der Waals surface area contributed by atoms with Gasteiger partial charge in [0.1, 0.15) is 9.36 Å². The zero-order valence-electron chi connectivity index (χ0n) is 11.3. The number of ether oxygens (including phenoxy) is 1. The first-order chi connectivity index (χ1) is 10.6. The van der Waals surface area contributed by atoms with Crippen molar-refractivity contribution in [2.75, 3.05) is 13.2 Å². The van der Waals surface area contributed by atoms with E-state index in [1.54, 1.807) is 0 Å². The molecule has 0 fully saturated rings. The Hall–Kier alpha value is -1.63. The third-order valence-corrected chi connectivity index (χ3v) is 4.31. The molecule has 0 spiro atoms. The maximum absolute atomic E-state index is 11.7. The predicted molar refractivity (Wildman–Crippen MR) is 85.6 cm³/mol. The van der Waals surface area contributed by atoms with Crippen LogP contribution < -0.4 is 5.32 Å². The molecule has 0 atom stereocenters. The molecule has 1 amide bonds. The van der Waals surface area contributed by atoms with E-state index in [-0.39, 0.29) is 27.6 Å². The molecule has 0 saturated carbocycles. The van der Waals surface area contributed by atoms with Crippen LogP contribution in [0.25, 0.3) is 0 Å². The van der Waals surface area contributed by atoms with Gasteiger partial charge in [0.15, 0.2) is 12.3 Å². The quantitative estimate of drug-likeness (QED) is 0.806. The van der Waals surface area contributed by atoms with E-state index in [0.717, 1.165) is 17.1 Å². The monoisotopic (exact) mass is 358 g/mol. The third-order valence-electron chi connectivity index (χ3n) is 2.70. The minimum atomic E-state index is -0.772. The number of carbonyl (C=O) groups excluding carboxylic acids is 2. The molecule has 0 radical (unpaired) electrons. The number of halogens is 2. The summed E-state index contributed by atoms with van der Waals surface area (Å²) in [6, 6.07) is 9.74. The van der Waals surface area contributed by atoms with Gasteiger partial charge in [-0.3, -0.25) is 4.79 Å². The number of amides is 1. The van der Waals surface area contributed by atoms with Crippen molar-refractivity contribution in [1.29, 1.82) is 0 Å². The lowest BCUT2D eigenvalue weighted by atomic mass is 10.1. The number of nitrogens with zero attached hydrogens (tertiary/aromatic N) is 1. The first-order valence-electron chi connectivity index (χ1n) is 6.36. The Bertz CT molecular complexity index is 661. The highest BCUT2D eigenvalue weighted by molar-refractivity contribution is 7.11. The molecule has 0 aliphatic heterocycles. The van der Waals surface area contributed by atoms with E-state index in [1.807, 2.05) is 30.3 Å². The van der Waals surface area contributed by atoms with E-state index in [0.29, 0.717) is 13.0 Å². The number of hydrogen-bond acceptors (Lipinski definition) is 5. The Morgan fingerprint density at radius 1 is 1.23 bits per heavy atom. The summed E-state index contributed by atoms with van der Waals surface area (Å²) in [6.07, 6.45) is 0.702. The van der Waals surface area contributed by atoms with Gasteiger partial charge < -0.3 is 10.1 Å². The van der Waals surface area contributed by atoms with E-state index in [1.165, 1.54) is 0 Å². The molecule has 1 N–H and O–H groups in total. The normalized spacial score (nSPS) is 10.3. The number of benzene rings is 1. The van der Waals surface area contributed by atoms with Crippen LogP contribution in [-0.2, 0) is 16.0 Å². The molecular weight excluding hydrogens is 347 g/mol. The van der Waals surface area contributed by atoms with E-state index in [4.69, 9.17) is 27.9 Å². The van der Waals surface area contributed by atoms with Crippen LogP contribution in [0.5, 0.6) is 0 Å². The standard InChI is InChI=1S/C14H12Cl2N2O3S/c15-11-12(18-22-13(11)16)14(20)21-8-10(19)17-7-6-9-4-2-1-3-5-9/h1-5H,6-8H2,(H,17,19). The molecule has 2 aromatic rings. The van der Waals surface area contributed by atoms with E-state index in [9.17, 15) is 9.59 Å². The van der Waals surface area contributed by atoms with Crippen LogP contribution in [0, 0.1) is 0 Å². The lowest BCUT2D eigenvalue weighted by Crippen LogP contribution is -2.30. The third kappa shape index (κ3) is 4.69. The van der Waals surface area contributed by atoms with E-state index < -0.39 is 5.97 Å². The van der Waals surface area contributed by atoms with Gasteiger partial charge in [-0.25, -0.2) is 4.79 Å². The number of rotatable bonds is 6. The van der Waals surface area contributed by atoms with Crippen LogP contribution in [0.3, 0.4) is 0 Å². The van der Waals surface area contributed by atoms with Gasteiger partial charge in [-0.2, -0.15) is 4.37 Å². The second kappa shape index (κ2) is 8.12. The van der Waals surface area contributed by atoms with Crippen LogP contribution in [-0.4, -0.2) is 29.4 Å². The van der Waals surface area contributed by atoms with Crippen LogP contribution >= 0.6 is 34.7 Å². The maximum Gasteiger partial charge on any atom is 0.360 e. The van der Waals surface area contributed by atoms with Crippen LogP contribution in [0.4, 0.5) is 0 Å².